The standard InChI is InChI=1S/C39H50BIN2O6/c1-5-9-25(18-27-19-32(41)37(44)34(20-27)48-4)12-13-33-35-29(24(2)3)21-30-36(31(35)22-40(47)49-33)39(46)43(38(30)45)28-14-16-42(17-15-28)23-26-10-7-6-8-11-26/h6-8,10-11,18-20,24,28,30-31,33,36,44,47H,5,9,12-17,21-23H2,1-4H3/b25-18+/t30-,31+,33-,36-/m1/s1. The number of fused-ring (bicyclic) bond motifs is 3. The number of phenolic OH excluding ortho intramolecular Hbond substituents is 1. The van der Waals surface area contributed by atoms with Crippen LogP contribution in [0.25, 0.3) is 6.08 Å². The van der Waals surface area contributed by atoms with Crippen molar-refractivity contribution in [3.8, 4) is 11.5 Å². The summed E-state index contributed by atoms with van der Waals surface area (Å²) >= 11 is 2.12. The highest BCUT2D eigenvalue weighted by molar-refractivity contribution is 14.1. The van der Waals surface area contributed by atoms with Gasteiger partial charge in [-0.05, 0) is 108 Å². The molecular weight excluding hydrogens is 730 g/mol. The Hall–Kier alpha value is -2.67. The van der Waals surface area contributed by atoms with Gasteiger partial charge in [0.2, 0.25) is 11.8 Å². The Morgan fingerprint density at radius 1 is 1.10 bits per heavy atom. The summed E-state index contributed by atoms with van der Waals surface area (Å²) in [5.41, 5.74) is 5.87. The average Bonchev–Trinajstić information content (AvgIpc) is 3.34. The molecule has 1 aliphatic carbocycles. The average molecular weight is 781 g/mol. The summed E-state index contributed by atoms with van der Waals surface area (Å²) in [5.74, 6) is -0.276. The van der Waals surface area contributed by atoms with E-state index in [0.717, 1.165) is 66.4 Å². The number of methoxy groups -OCH3 is 1. The van der Waals surface area contributed by atoms with Crippen molar-refractivity contribution in [2.45, 2.75) is 90.7 Å². The number of hydrogen-bond acceptors (Lipinski definition) is 7. The molecule has 8 nitrogen and oxygen atoms in total. The number of rotatable bonds is 11. The smallest absolute Gasteiger partial charge is 0.455 e. The molecule has 0 spiro atoms. The third-order valence-corrected chi connectivity index (χ3v) is 11.9. The maximum absolute atomic E-state index is 14.3. The Morgan fingerprint density at radius 2 is 1.84 bits per heavy atom. The maximum Gasteiger partial charge on any atom is 0.455 e. The minimum absolute atomic E-state index is 0.0154. The van der Waals surface area contributed by atoms with Gasteiger partial charge >= 0.3 is 7.12 Å². The molecule has 0 unspecified atom stereocenters. The van der Waals surface area contributed by atoms with E-state index in [2.05, 4.69) is 78.6 Å². The van der Waals surface area contributed by atoms with Crippen molar-refractivity contribution in [2.75, 3.05) is 20.2 Å². The quantitative estimate of drug-likeness (QED) is 0.109. The van der Waals surface area contributed by atoms with Crippen LogP contribution < -0.4 is 4.74 Å². The van der Waals surface area contributed by atoms with Crippen LogP contribution in [0.5, 0.6) is 11.5 Å². The Labute approximate surface area is 305 Å². The lowest BCUT2D eigenvalue weighted by molar-refractivity contribution is -0.144. The molecule has 6 rings (SSSR count). The van der Waals surface area contributed by atoms with Gasteiger partial charge in [0.15, 0.2) is 11.5 Å². The van der Waals surface area contributed by atoms with Crippen molar-refractivity contribution < 1.29 is 29.1 Å². The first-order valence-electron chi connectivity index (χ1n) is 18.0. The molecule has 49 heavy (non-hydrogen) atoms. The number of benzene rings is 2. The third kappa shape index (κ3) is 7.67. The number of amides is 2. The second kappa shape index (κ2) is 15.7. The minimum Gasteiger partial charge on any atom is -0.504 e. The van der Waals surface area contributed by atoms with E-state index in [-0.39, 0.29) is 47.5 Å². The fraction of sp³-hybridized carbons (Fsp3) is 0.538. The highest BCUT2D eigenvalue weighted by Crippen LogP contribution is 2.52. The molecule has 2 amide bonds. The summed E-state index contributed by atoms with van der Waals surface area (Å²) < 4.78 is 12.4. The van der Waals surface area contributed by atoms with Crippen LogP contribution in [0.1, 0.15) is 76.8 Å². The van der Waals surface area contributed by atoms with Crippen molar-refractivity contribution in [3.05, 3.63) is 73.9 Å². The molecule has 0 radical (unpaired) electrons. The number of allylic oxidation sites excluding steroid dienone is 2. The van der Waals surface area contributed by atoms with Gasteiger partial charge in [-0.2, -0.15) is 0 Å². The molecule has 262 valence electrons. The van der Waals surface area contributed by atoms with Crippen LogP contribution in [-0.4, -0.2) is 71.2 Å². The van der Waals surface area contributed by atoms with Crippen LogP contribution >= 0.6 is 22.6 Å². The van der Waals surface area contributed by atoms with Gasteiger partial charge in [0, 0.05) is 25.7 Å². The van der Waals surface area contributed by atoms with Crippen molar-refractivity contribution >= 4 is 47.6 Å². The number of likely N-dealkylation sites (tertiary alicyclic amines) is 2. The molecule has 2 aromatic carbocycles. The van der Waals surface area contributed by atoms with E-state index < -0.39 is 13.0 Å². The largest absolute Gasteiger partial charge is 0.504 e. The zero-order chi connectivity index (χ0) is 34.8. The van der Waals surface area contributed by atoms with Gasteiger partial charge in [-0.1, -0.05) is 74.7 Å². The fourth-order valence-corrected chi connectivity index (χ4v) is 9.41. The van der Waals surface area contributed by atoms with E-state index >= 15 is 0 Å². The Bertz CT molecular complexity index is 1590. The molecule has 0 aromatic heterocycles. The number of halogens is 1. The molecule has 3 aliphatic heterocycles. The zero-order valence-electron chi connectivity index (χ0n) is 29.2. The first-order chi connectivity index (χ1) is 23.6. The van der Waals surface area contributed by atoms with Crippen LogP contribution in [0.3, 0.4) is 0 Å². The van der Waals surface area contributed by atoms with Gasteiger partial charge in [0.05, 0.1) is 28.6 Å². The Morgan fingerprint density at radius 3 is 2.51 bits per heavy atom. The van der Waals surface area contributed by atoms with Crippen LogP contribution in [-0.2, 0) is 20.8 Å². The van der Waals surface area contributed by atoms with Gasteiger partial charge in [-0.15, -0.1) is 0 Å². The molecule has 4 aliphatic rings. The topological polar surface area (TPSA) is 99.5 Å². The second-order valence-electron chi connectivity index (χ2n) is 14.6. The highest BCUT2D eigenvalue weighted by atomic mass is 127. The zero-order valence-corrected chi connectivity index (χ0v) is 31.4. The highest BCUT2D eigenvalue weighted by Gasteiger charge is 2.58. The summed E-state index contributed by atoms with van der Waals surface area (Å²) in [5, 5.41) is 21.4. The number of piperidine rings is 1. The van der Waals surface area contributed by atoms with Gasteiger partial charge in [-0.25, -0.2) is 0 Å². The normalized spacial score (nSPS) is 25.3. The van der Waals surface area contributed by atoms with Crippen LogP contribution in [0.15, 0.2) is 59.2 Å². The summed E-state index contributed by atoms with van der Waals surface area (Å²) in [6.45, 7) is 9.10. The van der Waals surface area contributed by atoms with Gasteiger partial charge in [0.1, 0.15) is 0 Å². The third-order valence-electron chi connectivity index (χ3n) is 11.1. The molecule has 3 heterocycles. The van der Waals surface area contributed by atoms with E-state index in [9.17, 15) is 19.7 Å². The number of nitrogens with zero attached hydrogens (tertiary/aromatic N) is 2. The fourth-order valence-electron chi connectivity index (χ4n) is 8.79. The van der Waals surface area contributed by atoms with E-state index in [1.54, 1.807) is 12.0 Å². The predicted octanol–water partition coefficient (Wildman–Crippen LogP) is 7.09. The van der Waals surface area contributed by atoms with Crippen LogP contribution in [0.2, 0.25) is 6.32 Å². The number of aromatic hydroxyl groups is 1. The predicted molar refractivity (Wildman–Crippen MR) is 201 cm³/mol. The number of carbonyl (C=O) groups excluding carboxylic acids is 2. The van der Waals surface area contributed by atoms with Gasteiger partial charge in [-0.3, -0.25) is 19.4 Å². The minimum atomic E-state index is -0.981. The second-order valence-corrected chi connectivity index (χ2v) is 15.7. The van der Waals surface area contributed by atoms with Crippen molar-refractivity contribution in [2.24, 2.45) is 23.7 Å². The number of ether oxygens (including phenoxy) is 1. The first kappa shape index (κ1) is 36.1. The summed E-state index contributed by atoms with van der Waals surface area (Å²) in [6, 6.07) is 14.2. The molecular formula is C39H50BIN2O6. The molecule has 2 aromatic rings. The molecule has 3 saturated heterocycles. The van der Waals surface area contributed by atoms with Crippen LogP contribution in [0.4, 0.5) is 0 Å². The van der Waals surface area contributed by atoms with Crippen molar-refractivity contribution in [1.82, 2.24) is 9.80 Å². The molecule has 4 atom stereocenters. The molecule has 2 N–H and O–H groups in total. The lowest BCUT2D eigenvalue weighted by Crippen LogP contribution is -2.48. The Kier molecular flexibility index (Phi) is 11.6. The number of carbonyl (C=O) groups is 2. The summed E-state index contributed by atoms with van der Waals surface area (Å²) in [7, 11) is 0.575. The van der Waals surface area contributed by atoms with Crippen molar-refractivity contribution in [1.29, 1.82) is 0 Å². The van der Waals surface area contributed by atoms with E-state index in [0.29, 0.717) is 24.9 Å². The number of phenols is 1. The monoisotopic (exact) mass is 780 g/mol. The molecule has 0 saturated carbocycles. The van der Waals surface area contributed by atoms with Crippen LogP contribution in [0, 0.1) is 27.2 Å². The summed E-state index contributed by atoms with van der Waals surface area (Å²) in [4.78, 5) is 32.5. The number of imide groups is 1. The maximum atomic E-state index is 14.3. The van der Waals surface area contributed by atoms with E-state index in [4.69, 9.17) is 9.39 Å². The lowest BCUT2D eigenvalue weighted by atomic mass is 9.57. The molecule has 0 bridgehead atoms. The summed E-state index contributed by atoms with van der Waals surface area (Å²) in [6.07, 6.45) is 7.69. The van der Waals surface area contributed by atoms with Crippen molar-refractivity contribution in [3.63, 3.8) is 0 Å². The number of hydrogen-bond donors (Lipinski definition) is 2. The Balaban J connectivity index is 1.20. The van der Waals surface area contributed by atoms with E-state index in [1.807, 2.05) is 18.2 Å². The first-order valence-corrected chi connectivity index (χ1v) is 19.1. The SMILES string of the molecule is CCC/C(=C\c1cc(I)c(O)c(OC)c1)CC[C@H]1OB(O)C[C@H]2C1=C(C(C)C)C[C@H]1C(=O)N(C3CCN(Cc4ccccc4)CC3)C(=O)[C@H]12. The molecule has 3 fully saturated rings. The van der Waals surface area contributed by atoms with Gasteiger partial charge in [0.25, 0.3) is 0 Å². The molecule has 10 heteroatoms. The van der Waals surface area contributed by atoms with Gasteiger partial charge < -0.3 is 19.5 Å². The lowest BCUT2D eigenvalue weighted by Gasteiger charge is -2.44. The van der Waals surface area contributed by atoms with E-state index in [1.165, 1.54) is 16.7 Å².